The van der Waals surface area contributed by atoms with Gasteiger partial charge in [-0.3, -0.25) is 4.79 Å². The van der Waals surface area contributed by atoms with Gasteiger partial charge in [0.25, 0.3) is 5.91 Å². The van der Waals surface area contributed by atoms with Gasteiger partial charge in [0.15, 0.2) is 11.6 Å². The summed E-state index contributed by atoms with van der Waals surface area (Å²) in [7, 11) is 1.39. The maximum Gasteiger partial charge on any atom is 0.255 e. The number of hydrogen-bond acceptors (Lipinski definition) is 2. The van der Waals surface area contributed by atoms with E-state index < -0.39 is 5.82 Å². The number of hydrogen-bond donors (Lipinski definition) is 1. The number of methoxy groups -OCH3 is 1. The van der Waals surface area contributed by atoms with Crippen molar-refractivity contribution in [3.05, 3.63) is 83.2 Å². The number of amides is 1. The SMILES string of the molecule is COc1ccc(C(=O)Nc2ccc3c(c2)-c2ccccc2C3)cc1F. The summed E-state index contributed by atoms with van der Waals surface area (Å²) in [6, 6.07) is 18.3. The zero-order valence-electron chi connectivity index (χ0n) is 13.7. The summed E-state index contributed by atoms with van der Waals surface area (Å²) in [5.41, 5.74) is 5.81. The third-order valence-electron chi connectivity index (χ3n) is 4.47. The Kier molecular flexibility index (Phi) is 3.73. The number of carbonyl (C=O) groups excluding carboxylic acids is 1. The quantitative estimate of drug-likeness (QED) is 0.592. The van der Waals surface area contributed by atoms with E-state index in [1.165, 1.54) is 35.9 Å². The number of ether oxygens (including phenoxy) is 1. The smallest absolute Gasteiger partial charge is 0.255 e. The van der Waals surface area contributed by atoms with E-state index in [4.69, 9.17) is 4.74 Å². The summed E-state index contributed by atoms with van der Waals surface area (Å²) in [4.78, 5) is 12.4. The van der Waals surface area contributed by atoms with Crippen LogP contribution >= 0.6 is 0 Å². The van der Waals surface area contributed by atoms with Gasteiger partial charge in [0.05, 0.1) is 7.11 Å². The Balaban J connectivity index is 1.60. The predicted molar refractivity (Wildman–Crippen MR) is 95.6 cm³/mol. The number of benzene rings is 3. The molecule has 1 N–H and O–H groups in total. The van der Waals surface area contributed by atoms with Crippen molar-refractivity contribution in [2.45, 2.75) is 6.42 Å². The van der Waals surface area contributed by atoms with Gasteiger partial charge in [-0.1, -0.05) is 30.3 Å². The number of anilines is 1. The molecular weight excluding hydrogens is 317 g/mol. The second-order valence-electron chi connectivity index (χ2n) is 6.01. The average Bonchev–Trinajstić information content (AvgIpc) is 2.99. The summed E-state index contributed by atoms with van der Waals surface area (Å²) in [6.45, 7) is 0. The molecule has 0 unspecified atom stereocenters. The van der Waals surface area contributed by atoms with Crippen molar-refractivity contribution in [3.8, 4) is 16.9 Å². The van der Waals surface area contributed by atoms with Gasteiger partial charge in [0.1, 0.15) is 0 Å². The Morgan fingerprint density at radius 3 is 2.60 bits per heavy atom. The number of halogens is 1. The fourth-order valence-electron chi connectivity index (χ4n) is 3.21. The fraction of sp³-hybridized carbons (Fsp3) is 0.0952. The van der Waals surface area contributed by atoms with Crippen LogP contribution < -0.4 is 10.1 Å². The Morgan fingerprint density at radius 2 is 1.80 bits per heavy atom. The summed E-state index contributed by atoms with van der Waals surface area (Å²) in [5, 5.41) is 2.84. The van der Waals surface area contributed by atoms with Crippen LogP contribution in [-0.2, 0) is 6.42 Å². The van der Waals surface area contributed by atoms with Crippen molar-refractivity contribution >= 4 is 11.6 Å². The lowest BCUT2D eigenvalue weighted by atomic mass is 10.1. The van der Waals surface area contributed by atoms with Gasteiger partial charge in [0, 0.05) is 11.3 Å². The van der Waals surface area contributed by atoms with Crippen LogP contribution in [0, 0.1) is 5.82 Å². The van der Waals surface area contributed by atoms with E-state index in [0.29, 0.717) is 5.69 Å². The number of fused-ring (bicyclic) bond motifs is 3. The van der Waals surface area contributed by atoms with Crippen LogP contribution in [0.2, 0.25) is 0 Å². The molecule has 124 valence electrons. The molecule has 0 atom stereocenters. The second-order valence-corrected chi connectivity index (χ2v) is 6.01. The molecule has 0 fully saturated rings. The van der Waals surface area contributed by atoms with E-state index in [1.807, 2.05) is 30.3 Å². The van der Waals surface area contributed by atoms with Gasteiger partial charge in [-0.25, -0.2) is 4.39 Å². The van der Waals surface area contributed by atoms with Gasteiger partial charge in [0.2, 0.25) is 0 Å². The van der Waals surface area contributed by atoms with Gasteiger partial charge in [-0.2, -0.15) is 0 Å². The van der Waals surface area contributed by atoms with Crippen molar-refractivity contribution < 1.29 is 13.9 Å². The molecule has 25 heavy (non-hydrogen) atoms. The van der Waals surface area contributed by atoms with E-state index in [2.05, 4.69) is 17.4 Å². The molecule has 3 nitrogen and oxygen atoms in total. The molecule has 3 aromatic carbocycles. The largest absolute Gasteiger partial charge is 0.494 e. The Bertz CT molecular complexity index is 981. The third kappa shape index (κ3) is 2.76. The van der Waals surface area contributed by atoms with Crippen LogP contribution in [0.25, 0.3) is 11.1 Å². The monoisotopic (exact) mass is 333 g/mol. The topological polar surface area (TPSA) is 38.3 Å². The van der Waals surface area contributed by atoms with Crippen LogP contribution in [0.1, 0.15) is 21.5 Å². The minimum Gasteiger partial charge on any atom is -0.494 e. The van der Waals surface area contributed by atoms with Crippen LogP contribution in [-0.4, -0.2) is 13.0 Å². The van der Waals surface area contributed by atoms with Gasteiger partial charge < -0.3 is 10.1 Å². The highest BCUT2D eigenvalue weighted by Crippen LogP contribution is 2.37. The first-order chi connectivity index (χ1) is 12.2. The van der Waals surface area contributed by atoms with Crippen LogP contribution in [0.3, 0.4) is 0 Å². The molecule has 0 heterocycles. The minimum atomic E-state index is -0.557. The summed E-state index contributed by atoms with van der Waals surface area (Å²) in [6.07, 6.45) is 0.906. The highest BCUT2D eigenvalue weighted by molar-refractivity contribution is 6.04. The molecule has 0 radical (unpaired) electrons. The molecule has 0 aliphatic heterocycles. The standard InChI is InChI=1S/C21H16FNO2/c1-25-20-9-7-15(11-19(20)22)21(24)23-16-8-6-14-10-13-4-2-3-5-17(13)18(14)12-16/h2-9,11-12H,10H2,1H3,(H,23,24). The molecule has 1 aliphatic carbocycles. The highest BCUT2D eigenvalue weighted by Gasteiger charge is 2.18. The zero-order valence-corrected chi connectivity index (χ0v) is 13.7. The van der Waals surface area contributed by atoms with Gasteiger partial charge in [-0.05, 0) is 59.0 Å². The van der Waals surface area contributed by atoms with Crippen molar-refractivity contribution in [3.63, 3.8) is 0 Å². The zero-order chi connectivity index (χ0) is 17.4. The molecule has 1 amide bonds. The van der Waals surface area contributed by atoms with Gasteiger partial charge >= 0.3 is 0 Å². The first-order valence-electron chi connectivity index (χ1n) is 8.02. The molecule has 1 aliphatic rings. The van der Waals surface area contributed by atoms with Crippen LogP contribution in [0.5, 0.6) is 5.75 Å². The lowest BCUT2D eigenvalue weighted by Gasteiger charge is -2.09. The first kappa shape index (κ1) is 15.4. The molecular formula is C21H16FNO2. The summed E-state index contributed by atoms with van der Waals surface area (Å²) in [5.74, 6) is -0.795. The third-order valence-corrected chi connectivity index (χ3v) is 4.47. The summed E-state index contributed by atoms with van der Waals surface area (Å²) >= 11 is 0. The Hall–Kier alpha value is -3.14. The lowest BCUT2D eigenvalue weighted by Crippen LogP contribution is -2.12. The van der Waals surface area contributed by atoms with Crippen molar-refractivity contribution in [2.75, 3.05) is 12.4 Å². The van der Waals surface area contributed by atoms with Crippen molar-refractivity contribution in [1.29, 1.82) is 0 Å². The van der Waals surface area contributed by atoms with Crippen molar-refractivity contribution in [2.24, 2.45) is 0 Å². The average molecular weight is 333 g/mol. The van der Waals surface area contributed by atoms with E-state index >= 15 is 0 Å². The lowest BCUT2D eigenvalue weighted by molar-refractivity contribution is 0.102. The fourth-order valence-corrected chi connectivity index (χ4v) is 3.21. The molecule has 0 aromatic heterocycles. The highest BCUT2D eigenvalue weighted by atomic mass is 19.1. The van der Waals surface area contributed by atoms with E-state index in [-0.39, 0.29) is 17.2 Å². The van der Waals surface area contributed by atoms with Crippen LogP contribution in [0.15, 0.2) is 60.7 Å². The van der Waals surface area contributed by atoms with E-state index in [0.717, 1.165) is 12.0 Å². The molecule has 0 spiro atoms. The van der Waals surface area contributed by atoms with Crippen LogP contribution in [0.4, 0.5) is 10.1 Å². The Morgan fingerprint density at radius 1 is 1.00 bits per heavy atom. The maximum absolute atomic E-state index is 13.8. The van der Waals surface area contributed by atoms with Gasteiger partial charge in [-0.15, -0.1) is 0 Å². The molecule has 0 saturated carbocycles. The number of nitrogens with one attached hydrogen (secondary N) is 1. The number of carbonyl (C=O) groups is 1. The minimum absolute atomic E-state index is 0.116. The maximum atomic E-state index is 13.8. The molecule has 3 aromatic rings. The molecule has 0 saturated heterocycles. The molecule has 0 bridgehead atoms. The van der Waals surface area contributed by atoms with E-state index in [1.54, 1.807) is 6.07 Å². The van der Waals surface area contributed by atoms with E-state index in [9.17, 15) is 9.18 Å². The second kappa shape index (κ2) is 6.06. The molecule has 4 rings (SSSR count). The first-order valence-corrected chi connectivity index (χ1v) is 8.02. The summed E-state index contributed by atoms with van der Waals surface area (Å²) < 4.78 is 18.7. The van der Waals surface area contributed by atoms with Crippen molar-refractivity contribution in [1.82, 2.24) is 0 Å². The predicted octanol–water partition coefficient (Wildman–Crippen LogP) is 4.66. The number of rotatable bonds is 3. The normalized spacial score (nSPS) is 11.6. The molecule has 4 heteroatoms. The Labute approximate surface area is 145 Å².